The number of rotatable bonds is 5. The molecule has 0 atom stereocenters. The second-order valence-electron chi connectivity index (χ2n) is 2.94. The van der Waals surface area contributed by atoms with E-state index in [0.717, 1.165) is 19.4 Å². The molecule has 0 aromatic carbocycles. The first kappa shape index (κ1) is 11.2. The second kappa shape index (κ2) is 6.89. The maximum Gasteiger partial charge on any atom is 0.226 e. The molecule has 70 valence electrons. The van der Waals surface area contributed by atoms with Gasteiger partial charge in [0.05, 0.1) is 0 Å². The molecule has 12 heavy (non-hydrogen) atoms. The van der Waals surface area contributed by atoms with Crippen LogP contribution in [0.2, 0.25) is 0 Å². The summed E-state index contributed by atoms with van der Waals surface area (Å²) in [6.45, 7) is 4.94. The van der Waals surface area contributed by atoms with E-state index >= 15 is 0 Å². The Morgan fingerprint density at radius 3 is 2.67 bits per heavy atom. The van der Waals surface area contributed by atoms with Gasteiger partial charge in [0.2, 0.25) is 5.91 Å². The zero-order valence-electron chi connectivity index (χ0n) is 8.34. The number of carbonyl (C=O) groups is 1. The molecule has 0 fully saturated rings. The first-order chi connectivity index (χ1) is 5.72. The topological polar surface area (TPSA) is 20.3 Å². The van der Waals surface area contributed by atoms with E-state index in [-0.39, 0.29) is 5.91 Å². The SMILES string of the molecule is C/C=C\CC(=O)N(C)CCCC. The van der Waals surface area contributed by atoms with E-state index in [1.165, 1.54) is 0 Å². The number of allylic oxidation sites excluding steroid dienone is 1. The van der Waals surface area contributed by atoms with Gasteiger partial charge in [-0.25, -0.2) is 0 Å². The lowest BCUT2D eigenvalue weighted by Crippen LogP contribution is -2.26. The highest BCUT2D eigenvalue weighted by atomic mass is 16.2. The van der Waals surface area contributed by atoms with Gasteiger partial charge in [0, 0.05) is 20.0 Å². The van der Waals surface area contributed by atoms with Crippen molar-refractivity contribution in [2.75, 3.05) is 13.6 Å². The van der Waals surface area contributed by atoms with Gasteiger partial charge in [0.15, 0.2) is 0 Å². The van der Waals surface area contributed by atoms with E-state index in [1.54, 1.807) is 4.90 Å². The third-order valence-electron chi connectivity index (χ3n) is 1.80. The maximum atomic E-state index is 11.3. The van der Waals surface area contributed by atoms with Crippen LogP contribution in [0.25, 0.3) is 0 Å². The number of hydrogen-bond acceptors (Lipinski definition) is 1. The van der Waals surface area contributed by atoms with Crippen molar-refractivity contribution in [2.24, 2.45) is 0 Å². The molecule has 0 spiro atoms. The van der Waals surface area contributed by atoms with Crippen LogP contribution in [-0.4, -0.2) is 24.4 Å². The fourth-order valence-electron chi connectivity index (χ4n) is 0.894. The van der Waals surface area contributed by atoms with Gasteiger partial charge in [0.1, 0.15) is 0 Å². The fourth-order valence-corrected chi connectivity index (χ4v) is 0.894. The Labute approximate surface area is 75.3 Å². The number of unbranched alkanes of at least 4 members (excludes halogenated alkanes) is 1. The summed E-state index contributed by atoms with van der Waals surface area (Å²) in [7, 11) is 1.86. The van der Waals surface area contributed by atoms with Gasteiger partial charge in [0.25, 0.3) is 0 Å². The van der Waals surface area contributed by atoms with Crippen molar-refractivity contribution in [1.82, 2.24) is 4.90 Å². The quantitative estimate of drug-likeness (QED) is 0.578. The summed E-state index contributed by atoms with van der Waals surface area (Å²) in [6.07, 6.45) is 6.58. The van der Waals surface area contributed by atoms with Gasteiger partial charge < -0.3 is 4.90 Å². The molecule has 0 saturated carbocycles. The van der Waals surface area contributed by atoms with Crippen molar-refractivity contribution in [3.8, 4) is 0 Å². The van der Waals surface area contributed by atoms with E-state index in [2.05, 4.69) is 6.92 Å². The predicted octanol–water partition coefficient (Wildman–Crippen LogP) is 2.21. The van der Waals surface area contributed by atoms with Gasteiger partial charge in [-0.05, 0) is 13.3 Å². The van der Waals surface area contributed by atoms with Crippen LogP contribution in [0.3, 0.4) is 0 Å². The van der Waals surface area contributed by atoms with E-state index in [1.807, 2.05) is 26.1 Å². The summed E-state index contributed by atoms with van der Waals surface area (Å²) < 4.78 is 0. The van der Waals surface area contributed by atoms with Gasteiger partial charge in [-0.2, -0.15) is 0 Å². The highest BCUT2D eigenvalue weighted by Crippen LogP contribution is 1.96. The van der Waals surface area contributed by atoms with E-state index in [9.17, 15) is 4.79 Å². The molecule has 0 saturated heterocycles. The molecule has 0 unspecified atom stereocenters. The summed E-state index contributed by atoms with van der Waals surface area (Å²) >= 11 is 0. The first-order valence-corrected chi connectivity index (χ1v) is 4.57. The molecular weight excluding hydrogens is 150 g/mol. The number of nitrogens with zero attached hydrogens (tertiary/aromatic N) is 1. The van der Waals surface area contributed by atoms with Gasteiger partial charge in [-0.1, -0.05) is 25.5 Å². The lowest BCUT2D eigenvalue weighted by molar-refractivity contribution is -0.129. The Morgan fingerprint density at radius 1 is 1.50 bits per heavy atom. The number of carbonyl (C=O) groups excluding carboxylic acids is 1. The average molecular weight is 169 g/mol. The minimum Gasteiger partial charge on any atom is -0.345 e. The van der Waals surface area contributed by atoms with E-state index < -0.39 is 0 Å². The Hall–Kier alpha value is -0.790. The zero-order valence-corrected chi connectivity index (χ0v) is 8.34. The second-order valence-corrected chi connectivity index (χ2v) is 2.94. The minimum absolute atomic E-state index is 0.210. The van der Waals surface area contributed by atoms with Crippen molar-refractivity contribution >= 4 is 5.91 Å². The molecular formula is C10H19NO. The Bertz CT molecular complexity index is 152. The van der Waals surface area contributed by atoms with Crippen LogP contribution in [0.1, 0.15) is 33.1 Å². The van der Waals surface area contributed by atoms with Crippen LogP contribution >= 0.6 is 0 Å². The van der Waals surface area contributed by atoms with Crippen molar-refractivity contribution in [3.63, 3.8) is 0 Å². The number of hydrogen-bond donors (Lipinski definition) is 0. The maximum absolute atomic E-state index is 11.3. The third-order valence-corrected chi connectivity index (χ3v) is 1.80. The molecule has 0 aliphatic heterocycles. The highest BCUT2D eigenvalue weighted by molar-refractivity contribution is 5.77. The summed E-state index contributed by atoms with van der Waals surface area (Å²) in [4.78, 5) is 13.1. The first-order valence-electron chi connectivity index (χ1n) is 4.57. The molecule has 0 radical (unpaired) electrons. The molecule has 0 aliphatic rings. The molecule has 0 aliphatic carbocycles. The van der Waals surface area contributed by atoms with Crippen LogP contribution in [0.5, 0.6) is 0 Å². The van der Waals surface area contributed by atoms with Gasteiger partial charge in [-0.15, -0.1) is 0 Å². The Balaban J connectivity index is 3.61. The van der Waals surface area contributed by atoms with E-state index in [0.29, 0.717) is 6.42 Å². The lowest BCUT2D eigenvalue weighted by atomic mass is 10.3. The Morgan fingerprint density at radius 2 is 2.17 bits per heavy atom. The van der Waals surface area contributed by atoms with Crippen molar-refractivity contribution in [2.45, 2.75) is 33.1 Å². The normalized spacial score (nSPS) is 10.6. The summed E-state index contributed by atoms with van der Waals surface area (Å²) in [5.41, 5.74) is 0. The summed E-state index contributed by atoms with van der Waals surface area (Å²) in [6, 6.07) is 0. The Kier molecular flexibility index (Phi) is 6.44. The largest absolute Gasteiger partial charge is 0.345 e. The third kappa shape index (κ3) is 4.94. The smallest absolute Gasteiger partial charge is 0.226 e. The zero-order chi connectivity index (χ0) is 9.40. The lowest BCUT2D eigenvalue weighted by Gasteiger charge is -2.15. The molecule has 0 N–H and O–H groups in total. The number of amides is 1. The van der Waals surface area contributed by atoms with Crippen LogP contribution in [0.4, 0.5) is 0 Å². The average Bonchev–Trinajstić information content (AvgIpc) is 2.10. The van der Waals surface area contributed by atoms with Crippen LogP contribution in [0.15, 0.2) is 12.2 Å². The summed E-state index contributed by atoms with van der Waals surface area (Å²) in [5, 5.41) is 0. The van der Waals surface area contributed by atoms with Crippen molar-refractivity contribution in [1.29, 1.82) is 0 Å². The van der Waals surface area contributed by atoms with Crippen LogP contribution < -0.4 is 0 Å². The van der Waals surface area contributed by atoms with Crippen LogP contribution in [-0.2, 0) is 4.79 Å². The van der Waals surface area contributed by atoms with Gasteiger partial charge >= 0.3 is 0 Å². The molecule has 2 heteroatoms. The standard InChI is InChI=1S/C10H19NO/c1-4-6-8-10(12)11(3)9-7-5-2/h4,6H,5,7-9H2,1-3H3/b6-4-. The fraction of sp³-hybridized carbons (Fsp3) is 0.700. The monoisotopic (exact) mass is 169 g/mol. The van der Waals surface area contributed by atoms with Crippen molar-refractivity contribution < 1.29 is 4.79 Å². The minimum atomic E-state index is 0.210. The molecule has 1 amide bonds. The predicted molar refractivity (Wildman–Crippen MR) is 52.0 cm³/mol. The molecule has 0 heterocycles. The van der Waals surface area contributed by atoms with Gasteiger partial charge in [-0.3, -0.25) is 4.79 Å². The summed E-state index contributed by atoms with van der Waals surface area (Å²) in [5.74, 6) is 0.210. The highest BCUT2D eigenvalue weighted by Gasteiger charge is 2.04. The molecule has 2 nitrogen and oxygen atoms in total. The molecule has 0 aromatic heterocycles. The van der Waals surface area contributed by atoms with Crippen LogP contribution in [0, 0.1) is 0 Å². The molecule has 0 bridgehead atoms. The molecule has 0 aromatic rings. The van der Waals surface area contributed by atoms with E-state index in [4.69, 9.17) is 0 Å². The van der Waals surface area contributed by atoms with Crippen molar-refractivity contribution in [3.05, 3.63) is 12.2 Å². The molecule has 0 rings (SSSR count).